The fraction of sp³-hybridized carbons (Fsp3) is 0.455. The van der Waals surface area contributed by atoms with E-state index in [4.69, 9.17) is 9.47 Å². The van der Waals surface area contributed by atoms with Crippen LogP contribution in [0.25, 0.3) is 0 Å². The Morgan fingerprint density at radius 3 is 1.36 bits per heavy atom. The molecule has 6 nitrogen and oxygen atoms in total. The third-order valence-electron chi connectivity index (χ3n) is 5.08. The van der Waals surface area contributed by atoms with Gasteiger partial charge in [-0.2, -0.15) is 0 Å². The molecule has 0 bridgehead atoms. The molecule has 0 radical (unpaired) electrons. The number of para-hydroxylation sites is 2. The molecule has 0 amide bonds. The smallest absolute Gasteiger partial charge is 0.137 e. The molecule has 1 heterocycles. The standard InChI is InChI=1S/C22H30N2O4/c25-19(17-27-21-7-3-1-4-8-21)15-23-11-13-24(14-12-23)16-20(26)18-28-22-9-5-2-6-10-22/h1-10,19-20,25-26H,11-18H2/p+2/t19-,20-/m0/s1. The normalized spacial score (nSPS) is 21.6. The van der Waals surface area contributed by atoms with Crippen LogP contribution in [-0.2, 0) is 0 Å². The second kappa shape index (κ2) is 11.0. The SMILES string of the molecule is O[C@H](COc1ccccc1)C[NH+]1CC[NH+](C[C@H](O)COc2ccccc2)CC1. The zero-order valence-corrected chi connectivity index (χ0v) is 16.3. The van der Waals surface area contributed by atoms with Crippen molar-refractivity contribution in [2.24, 2.45) is 0 Å². The first kappa shape index (κ1) is 20.6. The molecule has 1 aliphatic rings. The van der Waals surface area contributed by atoms with Crippen LogP contribution >= 0.6 is 0 Å². The molecule has 0 spiro atoms. The summed E-state index contributed by atoms with van der Waals surface area (Å²) in [5, 5.41) is 20.5. The molecule has 152 valence electrons. The van der Waals surface area contributed by atoms with Gasteiger partial charge >= 0.3 is 0 Å². The van der Waals surface area contributed by atoms with Gasteiger partial charge in [-0.25, -0.2) is 0 Å². The number of hydrogen-bond acceptors (Lipinski definition) is 4. The minimum absolute atomic E-state index is 0.319. The van der Waals surface area contributed by atoms with Crippen LogP contribution in [0.1, 0.15) is 0 Å². The molecular formula is C22H32N2O4+2. The maximum absolute atomic E-state index is 10.2. The van der Waals surface area contributed by atoms with Crippen molar-refractivity contribution in [2.45, 2.75) is 12.2 Å². The molecule has 1 saturated heterocycles. The highest BCUT2D eigenvalue weighted by Crippen LogP contribution is 2.08. The van der Waals surface area contributed by atoms with Crippen LogP contribution in [0.2, 0.25) is 0 Å². The minimum atomic E-state index is -0.471. The fourth-order valence-corrected chi connectivity index (χ4v) is 3.57. The molecule has 4 N–H and O–H groups in total. The van der Waals surface area contributed by atoms with Crippen LogP contribution in [0.15, 0.2) is 60.7 Å². The zero-order chi connectivity index (χ0) is 19.6. The van der Waals surface area contributed by atoms with Crippen molar-refractivity contribution in [3.05, 3.63) is 60.7 Å². The summed E-state index contributed by atoms with van der Waals surface area (Å²) < 4.78 is 11.3. The number of quaternary nitrogens is 2. The van der Waals surface area contributed by atoms with E-state index in [2.05, 4.69) is 0 Å². The first-order valence-electron chi connectivity index (χ1n) is 10.1. The Morgan fingerprint density at radius 1 is 0.643 bits per heavy atom. The van der Waals surface area contributed by atoms with Crippen molar-refractivity contribution >= 4 is 0 Å². The van der Waals surface area contributed by atoms with Gasteiger partial charge in [0.05, 0.1) is 0 Å². The molecule has 2 aromatic carbocycles. The van der Waals surface area contributed by atoms with Crippen molar-refractivity contribution in [3.8, 4) is 11.5 Å². The Bertz CT molecular complexity index is 603. The van der Waals surface area contributed by atoms with Crippen molar-refractivity contribution in [1.82, 2.24) is 0 Å². The van der Waals surface area contributed by atoms with Gasteiger partial charge in [0.2, 0.25) is 0 Å². The molecule has 2 aromatic rings. The van der Waals surface area contributed by atoms with Gasteiger partial charge in [-0.15, -0.1) is 0 Å². The van der Waals surface area contributed by atoms with Crippen molar-refractivity contribution < 1.29 is 29.5 Å². The molecule has 0 unspecified atom stereocenters. The molecule has 28 heavy (non-hydrogen) atoms. The summed E-state index contributed by atoms with van der Waals surface area (Å²) in [4.78, 5) is 2.78. The number of rotatable bonds is 10. The lowest BCUT2D eigenvalue weighted by Crippen LogP contribution is -3.29. The first-order valence-corrected chi connectivity index (χ1v) is 10.1. The van der Waals surface area contributed by atoms with Crippen LogP contribution in [0.3, 0.4) is 0 Å². The van der Waals surface area contributed by atoms with E-state index in [1.54, 1.807) is 0 Å². The highest BCUT2D eigenvalue weighted by atomic mass is 16.5. The summed E-state index contributed by atoms with van der Waals surface area (Å²) in [7, 11) is 0. The summed E-state index contributed by atoms with van der Waals surface area (Å²) in [5.41, 5.74) is 0. The van der Waals surface area contributed by atoms with Crippen LogP contribution in [0.5, 0.6) is 11.5 Å². The van der Waals surface area contributed by atoms with Crippen LogP contribution in [0, 0.1) is 0 Å². The zero-order valence-electron chi connectivity index (χ0n) is 16.3. The van der Waals surface area contributed by atoms with Gasteiger partial charge in [0, 0.05) is 0 Å². The highest BCUT2D eigenvalue weighted by molar-refractivity contribution is 5.21. The molecule has 6 heteroatoms. The van der Waals surface area contributed by atoms with Gasteiger partial charge in [-0.05, 0) is 24.3 Å². The van der Waals surface area contributed by atoms with Crippen LogP contribution < -0.4 is 19.3 Å². The fourth-order valence-electron chi connectivity index (χ4n) is 3.57. The van der Waals surface area contributed by atoms with Gasteiger partial charge in [-0.3, -0.25) is 0 Å². The molecule has 0 aromatic heterocycles. The van der Waals surface area contributed by atoms with Crippen molar-refractivity contribution in [3.63, 3.8) is 0 Å². The summed E-state index contributed by atoms with van der Waals surface area (Å²) in [6.45, 7) is 5.99. The van der Waals surface area contributed by atoms with E-state index in [0.717, 1.165) is 37.7 Å². The van der Waals surface area contributed by atoms with Gasteiger partial charge in [0.1, 0.15) is 76.2 Å². The predicted molar refractivity (Wildman–Crippen MR) is 107 cm³/mol. The molecular weight excluding hydrogens is 356 g/mol. The summed E-state index contributed by atoms with van der Waals surface area (Å²) in [6.07, 6.45) is -0.941. The molecule has 0 aliphatic carbocycles. The Hall–Kier alpha value is -2.12. The van der Waals surface area contributed by atoms with E-state index < -0.39 is 12.2 Å². The minimum Gasteiger partial charge on any atom is -0.491 e. The Labute approximate surface area is 166 Å². The lowest BCUT2D eigenvalue weighted by atomic mass is 10.2. The number of benzene rings is 2. The number of nitrogens with one attached hydrogen (secondary N) is 2. The number of hydrogen-bond donors (Lipinski definition) is 4. The number of aliphatic hydroxyl groups excluding tert-OH is 2. The number of ether oxygens (including phenoxy) is 2. The Kier molecular flexibility index (Phi) is 8.11. The lowest BCUT2D eigenvalue weighted by molar-refractivity contribution is -1.01. The van der Waals surface area contributed by atoms with E-state index in [1.807, 2.05) is 60.7 Å². The second-order valence-electron chi connectivity index (χ2n) is 7.46. The van der Waals surface area contributed by atoms with E-state index in [1.165, 1.54) is 9.80 Å². The number of aliphatic hydroxyl groups is 2. The average Bonchev–Trinajstić information content (AvgIpc) is 2.74. The summed E-state index contributed by atoms with van der Waals surface area (Å²) in [5.74, 6) is 1.58. The van der Waals surface area contributed by atoms with E-state index in [0.29, 0.717) is 26.3 Å². The monoisotopic (exact) mass is 388 g/mol. The number of piperazine rings is 1. The predicted octanol–water partition coefficient (Wildman–Crippen LogP) is -1.35. The van der Waals surface area contributed by atoms with Crippen molar-refractivity contribution in [1.29, 1.82) is 0 Å². The molecule has 1 aliphatic heterocycles. The molecule has 0 saturated carbocycles. The quantitative estimate of drug-likeness (QED) is 0.406. The van der Waals surface area contributed by atoms with Gasteiger partial charge < -0.3 is 29.5 Å². The largest absolute Gasteiger partial charge is 0.491 e. The summed E-state index contributed by atoms with van der Waals surface area (Å²) >= 11 is 0. The summed E-state index contributed by atoms with van der Waals surface area (Å²) in [6, 6.07) is 19.2. The van der Waals surface area contributed by atoms with E-state index in [-0.39, 0.29) is 0 Å². The molecule has 3 rings (SSSR count). The van der Waals surface area contributed by atoms with Crippen molar-refractivity contribution in [2.75, 3.05) is 52.5 Å². The maximum Gasteiger partial charge on any atom is 0.137 e. The van der Waals surface area contributed by atoms with E-state index in [9.17, 15) is 10.2 Å². The third kappa shape index (κ3) is 7.13. The maximum atomic E-state index is 10.2. The Morgan fingerprint density at radius 2 is 1.00 bits per heavy atom. The molecule has 1 fully saturated rings. The lowest BCUT2D eigenvalue weighted by Gasteiger charge is -2.31. The van der Waals surface area contributed by atoms with Gasteiger partial charge in [-0.1, -0.05) is 36.4 Å². The Balaban J connectivity index is 1.29. The third-order valence-corrected chi connectivity index (χ3v) is 5.08. The average molecular weight is 389 g/mol. The van der Waals surface area contributed by atoms with E-state index >= 15 is 0 Å². The van der Waals surface area contributed by atoms with Crippen LogP contribution in [-0.4, -0.2) is 74.9 Å². The first-order chi connectivity index (χ1) is 13.7. The topological polar surface area (TPSA) is 67.8 Å². The van der Waals surface area contributed by atoms with Gasteiger partial charge in [0.15, 0.2) is 0 Å². The highest BCUT2D eigenvalue weighted by Gasteiger charge is 2.26. The molecule has 2 atom stereocenters. The second-order valence-corrected chi connectivity index (χ2v) is 7.46. The van der Waals surface area contributed by atoms with Gasteiger partial charge in [0.25, 0.3) is 0 Å². The van der Waals surface area contributed by atoms with Crippen LogP contribution in [0.4, 0.5) is 0 Å².